The van der Waals surface area contributed by atoms with E-state index in [-0.39, 0.29) is 11.9 Å². The van der Waals surface area contributed by atoms with Crippen molar-refractivity contribution in [3.63, 3.8) is 0 Å². The SMILES string of the molecule is Cc1cccc(OCc2nc(C(=O)NC(C)c3ccccc3)cs2)c1C. The van der Waals surface area contributed by atoms with Crippen molar-refractivity contribution < 1.29 is 9.53 Å². The molecule has 1 unspecified atom stereocenters. The molecule has 1 amide bonds. The standard InChI is InChI=1S/C21H22N2O2S/c1-14-8-7-11-19(15(14)2)25-12-20-23-18(13-26-20)21(24)22-16(3)17-9-5-4-6-10-17/h4-11,13,16H,12H2,1-3H3,(H,22,24). The highest BCUT2D eigenvalue weighted by Crippen LogP contribution is 2.22. The van der Waals surface area contributed by atoms with Crippen molar-refractivity contribution in [1.82, 2.24) is 10.3 Å². The lowest BCUT2D eigenvalue weighted by atomic mass is 10.1. The largest absolute Gasteiger partial charge is 0.486 e. The van der Waals surface area contributed by atoms with Gasteiger partial charge in [-0.2, -0.15) is 0 Å². The molecule has 0 radical (unpaired) electrons. The quantitative estimate of drug-likeness (QED) is 0.680. The minimum atomic E-state index is -0.171. The fraction of sp³-hybridized carbons (Fsp3) is 0.238. The van der Waals surface area contributed by atoms with Crippen molar-refractivity contribution in [3.8, 4) is 5.75 Å². The minimum Gasteiger partial charge on any atom is -0.486 e. The molecule has 0 bridgehead atoms. The number of thiazole rings is 1. The summed E-state index contributed by atoms with van der Waals surface area (Å²) in [6, 6.07) is 15.8. The Balaban J connectivity index is 1.60. The van der Waals surface area contributed by atoms with Crippen LogP contribution in [0.1, 0.15) is 45.2 Å². The van der Waals surface area contributed by atoms with Gasteiger partial charge in [-0.3, -0.25) is 4.79 Å². The number of amides is 1. The first kappa shape index (κ1) is 18.1. The van der Waals surface area contributed by atoms with Crippen LogP contribution in [0, 0.1) is 13.8 Å². The number of ether oxygens (including phenoxy) is 1. The van der Waals surface area contributed by atoms with Crippen LogP contribution in [0.15, 0.2) is 53.9 Å². The number of carbonyl (C=O) groups is 1. The zero-order chi connectivity index (χ0) is 18.5. The van der Waals surface area contributed by atoms with Crippen LogP contribution >= 0.6 is 11.3 Å². The molecular weight excluding hydrogens is 344 g/mol. The highest BCUT2D eigenvalue weighted by atomic mass is 32.1. The number of aryl methyl sites for hydroxylation is 1. The number of nitrogens with one attached hydrogen (secondary N) is 1. The predicted octanol–water partition coefficient (Wildman–Crippen LogP) is 4.83. The first-order valence-corrected chi connectivity index (χ1v) is 9.42. The molecular formula is C21H22N2O2S. The van der Waals surface area contributed by atoms with Crippen molar-refractivity contribution >= 4 is 17.2 Å². The summed E-state index contributed by atoms with van der Waals surface area (Å²) in [5.41, 5.74) is 3.81. The molecule has 1 heterocycles. The van der Waals surface area contributed by atoms with Gasteiger partial charge in [0.2, 0.25) is 0 Å². The molecule has 0 saturated heterocycles. The molecule has 0 spiro atoms. The maximum atomic E-state index is 12.4. The topological polar surface area (TPSA) is 51.2 Å². The highest BCUT2D eigenvalue weighted by molar-refractivity contribution is 7.09. The van der Waals surface area contributed by atoms with Gasteiger partial charge in [-0.1, -0.05) is 42.5 Å². The van der Waals surface area contributed by atoms with E-state index in [1.165, 1.54) is 16.9 Å². The maximum Gasteiger partial charge on any atom is 0.271 e. The second kappa shape index (κ2) is 8.15. The van der Waals surface area contributed by atoms with Crippen LogP contribution in [0.2, 0.25) is 0 Å². The molecule has 3 aromatic rings. The van der Waals surface area contributed by atoms with Gasteiger partial charge >= 0.3 is 0 Å². The number of benzene rings is 2. The summed E-state index contributed by atoms with van der Waals surface area (Å²) in [4.78, 5) is 16.8. The summed E-state index contributed by atoms with van der Waals surface area (Å²) in [6.07, 6.45) is 0. The third kappa shape index (κ3) is 4.29. The third-order valence-corrected chi connectivity index (χ3v) is 5.16. The summed E-state index contributed by atoms with van der Waals surface area (Å²) in [5.74, 6) is 0.680. The van der Waals surface area contributed by atoms with Crippen LogP contribution < -0.4 is 10.1 Å². The molecule has 1 aromatic heterocycles. The van der Waals surface area contributed by atoms with E-state index >= 15 is 0 Å². The number of hydrogen-bond acceptors (Lipinski definition) is 4. The highest BCUT2D eigenvalue weighted by Gasteiger charge is 2.15. The Hall–Kier alpha value is -2.66. The van der Waals surface area contributed by atoms with E-state index < -0.39 is 0 Å². The normalized spacial score (nSPS) is 11.8. The van der Waals surface area contributed by atoms with Gasteiger partial charge in [0.1, 0.15) is 23.1 Å². The second-order valence-electron chi connectivity index (χ2n) is 6.22. The van der Waals surface area contributed by atoms with Gasteiger partial charge in [-0.15, -0.1) is 11.3 Å². The fourth-order valence-corrected chi connectivity index (χ4v) is 3.28. The lowest BCUT2D eigenvalue weighted by Gasteiger charge is -2.13. The molecule has 0 aliphatic carbocycles. The van der Waals surface area contributed by atoms with Crippen LogP contribution in [-0.4, -0.2) is 10.9 Å². The van der Waals surface area contributed by atoms with Crippen molar-refractivity contribution in [3.05, 3.63) is 81.3 Å². The van der Waals surface area contributed by atoms with Gasteiger partial charge in [-0.05, 0) is 43.5 Å². The average molecular weight is 366 g/mol. The number of hydrogen-bond donors (Lipinski definition) is 1. The first-order chi connectivity index (χ1) is 12.5. The van der Waals surface area contributed by atoms with Crippen LogP contribution in [0.4, 0.5) is 0 Å². The first-order valence-electron chi connectivity index (χ1n) is 8.54. The molecule has 0 aliphatic heterocycles. The molecule has 0 aliphatic rings. The van der Waals surface area contributed by atoms with Gasteiger partial charge in [-0.25, -0.2) is 4.98 Å². The Morgan fingerprint density at radius 1 is 1.15 bits per heavy atom. The van der Waals surface area contributed by atoms with Crippen LogP contribution in [0.3, 0.4) is 0 Å². The number of carbonyl (C=O) groups excluding carboxylic acids is 1. The zero-order valence-electron chi connectivity index (χ0n) is 15.2. The number of nitrogens with zero attached hydrogens (tertiary/aromatic N) is 1. The van der Waals surface area contributed by atoms with Crippen LogP contribution in [0.25, 0.3) is 0 Å². The van der Waals surface area contributed by atoms with Crippen molar-refractivity contribution in [2.45, 2.75) is 33.4 Å². The van der Waals surface area contributed by atoms with Gasteiger partial charge in [0.15, 0.2) is 0 Å². The van der Waals surface area contributed by atoms with Gasteiger partial charge in [0.25, 0.3) is 5.91 Å². The molecule has 4 nitrogen and oxygen atoms in total. The Kier molecular flexibility index (Phi) is 5.68. The molecule has 1 atom stereocenters. The van der Waals surface area contributed by atoms with Gasteiger partial charge in [0.05, 0.1) is 6.04 Å². The lowest BCUT2D eigenvalue weighted by molar-refractivity contribution is 0.0935. The van der Waals surface area contributed by atoms with E-state index in [0.717, 1.165) is 21.9 Å². The van der Waals surface area contributed by atoms with Gasteiger partial charge in [0, 0.05) is 5.38 Å². The summed E-state index contributed by atoms with van der Waals surface area (Å²) >= 11 is 1.43. The van der Waals surface area contributed by atoms with Crippen LogP contribution in [0.5, 0.6) is 5.75 Å². The van der Waals surface area contributed by atoms with E-state index in [9.17, 15) is 4.79 Å². The summed E-state index contributed by atoms with van der Waals surface area (Å²) in [5, 5.41) is 5.53. The van der Waals surface area contributed by atoms with Crippen molar-refractivity contribution in [2.24, 2.45) is 0 Å². The average Bonchev–Trinajstić information content (AvgIpc) is 3.13. The lowest BCUT2D eigenvalue weighted by Crippen LogP contribution is -2.26. The van der Waals surface area contributed by atoms with E-state index in [1.807, 2.05) is 56.3 Å². The Bertz CT molecular complexity index is 890. The Morgan fingerprint density at radius 3 is 2.69 bits per heavy atom. The minimum absolute atomic E-state index is 0.0694. The second-order valence-corrected chi connectivity index (χ2v) is 7.16. The van der Waals surface area contributed by atoms with E-state index in [1.54, 1.807) is 5.38 Å². The Morgan fingerprint density at radius 2 is 1.92 bits per heavy atom. The monoisotopic (exact) mass is 366 g/mol. The molecule has 3 rings (SSSR count). The number of rotatable bonds is 6. The molecule has 5 heteroatoms. The van der Waals surface area contributed by atoms with Gasteiger partial charge < -0.3 is 10.1 Å². The predicted molar refractivity (Wildman–Crippen MR) is 105 cm³/mol. The molecule has 1 N–H and O–H groups in total. The summed E-state index contributed by atoms with van der Waals surface area (Å²) in [7, 11) is 0. The number of aromatic nitrogens is 1. The fourth-order valence-electron chi connectivity index (χ4n) is 2.60. The van der Waals surface area contributed by atoms with E-state index in [2.05, 4.69) is 23.3 Å². The molecule has 26 heavy (non-hydrogen) atoms. The molecule has 0 fully saturated rings. The smallest absolute Gasteiger partial charge is 0.271 e. The molecule has 0 saturated carbocycles. The Labute approximate surface area is 157 Å². The van der Waals surface area contributed by atoms with Crippen LogP contribution in [-0.2, 0) is 6.61 Å². The maximum absolute atomic E-state index is 12.4. The summed E-state index contributed by atoms with van der Waals surface area (Å²) < 4.78 is 5.86. The molecule has 134 valence electrons. The molecule has 2 aromatic carbocycles. The van der Waals surface area contributed by atoms with E-state index in [0.29, 0.717) is 12.3 Å². The summed E-state index contributed by atoms with van der Waals surface area (Å²) in [6.45, 7) is 6.42. The van der Waals surface area contributed by atoms with Crippen molar-refractivity contribution in [2.75, 3.05) is 0 Å². The van der Waals surface area contributed by atoms with Crippen molar-refractivity contribution in [1.29, 1.82) is 0 Å². The van der Waals surface area contributed by atoms with E-state index in [4.69, 9.17) is 4.74 Å². The zero-order valence-corrected chi connectivity index (χ0v) is 16.0. The third-order valence-electron chi connectivity index (χ3n) is 4.34.